The van der Waals surface area contributed by atoms with E-state index in [1.807, 2.05) is 61.5 Å². The summed E-state index contributed by atoms with van der Waals surface area (Å²) in [5.41, 5.74) is 3.69. The number of carbonyl (C=O) groups excluding carboxylic acids is 1. The molecule has 1 aliphatic rings. The molecule has 0 radical (unpaired) electrons. The molecule has 1 aliphatic heterocycles. The summed E-state index contributed by atoms with van der Waals surface area (Å²) in [4.78, 5) is 14.7. The molecule has 0 bridgehead atoms. The van der Waals surface area contributed by atoms with Gasteiger partial charge in [-0.1, -0.05) is 35.9 Å². The van der Waals surface area contributed by atoms with Crippen molar-refractivity contribution >= 4 is 35.0 Å². The smallest absolute Gasteiger partial charge is 0.248 e. The highest BCUT2D eigenvalue weighted by Crippen LogP contribution is 2.28. The Morgan fingerprint density at radius 1 is 1.10 bits per heavy atom. The summed E-state index contributed by atoms with van der Waals surface area (Å²) in [6.45, 7) is 4.95. The predicted octanol–water partition coefficient (Wildman–Crippen LogP) is 5.40. The van der Waals surface area contributed by atoms with Crippen LogP contribution in [0.1, 0.15) is 11.3 Å². The molecule has 0 aliphatic carbocycles. The van der Waals surface area contributed by atoms with Gasteiger partial charge in [-0.3, -0.25) is 4.79 Å². The number of furan rings is 1. The number of aryl methyl sites for hydroxylation is 1. The molecule has 154 valence electrons. The fourth-order valence-corrected chi connectivity index (χ4v) is 3.52. The summed E-state index contributed by atoms with van der Waals surface area (Å²) in [6.07, 6.45) is 3.13. The minimum absolute atomic E-state index is 0.216. The van der Waals surface area contributed by atoms with Gasteiger partial charge in [-0.2, -0.15) is 0 Å². The molecule has 5 nitrogen and oxygen atoms in total. The molecule has 6 heteroatoms. The lowest BCUT2D eigenvalue weighted by Crippen LogP contribution is -2.36. The van der Waals surface area contributed by atoms with E-state index in [1.54, 1.807) is 6.08 Å². The van der Waals surface area contributed by atoms with Crippen LogP contribution >= 0.6 is 11.6 Å². The Bertz CT molecular complexity index is 1070. The highest BCUT2D eigenvalue weighted by atomic mass is 35.5. The third-order valence-corrected chi connectivity index (χ3v) is 5.40. The zero-order chi connectivity index (χ0) is 20.9. The molecule has 30 heavy (non-hydrogen) atoms. The molecule has 0 atom stereocenters. The molecular formula is C24H23ClN2O3. The van der Waals surface area contributed by atoms with Gasteiger partial charge in [-0.25, -0.2) is 0 Å². The quantitative estimate of drug-likeness (QED) is 0.559. The van der Waals surface area contributed by atoms with Crippen LogP contribution in [0.2, 0.25) is 5.02 Å². The van der Waals surface area contributed by atoms with Gasteiger partial charge in [0.1, 0.15) is 11.5 Å². The first-order valence-corrected chi connectivity index (χ1v) is 10.2. The van der Waals surface area contributed by atoms with Crippen molar-refractivity contribution in [3.05, 3.63) is 77.0 Å². The summed E-state index contributed by atoms with van der Waals surface area (Å²) >= 11 is 6.20. The predicted molar refractivity (Wildman–Crippen MR) is 121 cm³/mol. The second kappa shape index (κ2) is 9.20. The van der Waals surface area contributed by atoms with E-state index in [-0.39, 0.29) is 5.91 Å². The maximum atomic E-state index is 12.5. The maximum Gasteiger partial charge on any atom is 0.248 e. The highest BCUT2D eigenvalue weighted by Gasteiger charge is 2.15. The Morgan fingerprint density at radius 2 is 1.90 bits per heavy atom. The number of ether oxygens (including phenoxy) is 1. The molecular weight excluding hydrogens is 400 g/mol. The van der Waals surface area contributed by atoms with Crippen LogP contribution in [0.25, 0.3) is 17.4 Å². The Morgan fingerprint density at radius 3 is 2.70 bits per heavy atom. The molecule has 1 amide bonds. The van der Waals surface area contributed by atoms with Crippen LogP contribution in [0.5, 0.6) is 0 Å². The minimum atomic E-state index is -0.216. The molecule has 4 rings (SSSR count). The Hall–Kier alpha value is -3.02. The van der Waals surface area contributed by atoms with Gasteiger partial charge in [0.05, 0.1) is 24.6 Å². The first-order chi connectivity index (χ1) is 14.6. The molecule has 1 N–H and O–H groups in total. The number of morpholine rings is 1. The molecule has 2 heterocycles. The topological polar surface area (TPSA) is 54.7 Å². The van der Waals surface area contributed by atoms with Gasteiger partial charge < -0.3 is 19.4 Å². The number of benzene rings is 2. The number of anilines is 2. The van der Waals surface area contributed by atoms with Gasteiger partial charge in [-0.15, -0.1) is 0 Å². The van der Waals surface area contributed by atoms with Crippen LogP contribution in [-0.4, -0.2) is 32.2 Å². The van der Waals surface area contributed by atoms with E-state index < -0.39 is 0 Å². The molecule has 1 fully saturated rings. The summed E-state index contributed by atoms with van der Waals surface area (Å²) < 4.78 is 11.3. The molecule has 3 aromatic rings. The molecule has 0 spiro atoms. The van der Waals surface area contributed by atoms with Crippen LogP contribution in [0, 0.1) is 6.92 Å². The third-order valence-electron chi connectivity index (χ3n) is 5.00. The second-order valence-electron chi connectivity index (χ2n) is 7.11. The largest absolute Gasteiger partial charge is 0.457 e. The van der Waals surface area contributed by atoms with Gasteiger partial charge in [0.25, 0.3) is 0 Å². The number of halogens is 1. The lowest BCUT2D eigenvalue weighted by atomic mass is 10.1. The fourth-order valence-electron chi connectivity index (χ4n) is 3.34. The summed E-state index contributed by atoms with van der Waals surface area (Å²) in [7, 11) is 0. The van der Waals surface area contributed by atoms with E-state index >= 15 is 0 Å². The van der Waals surface area contributed by atoms with E-state index in [9.17, 15) is 4.79 Å². The number of hydrogen-bond donors (Lipinski definition) is 1. The Labute approximate surface area is 180 Å². The van der Waals surface area contributed by atoms with Crippen LogP contribution in [-0.2, 0) is 9.53 Å². The number of nitrogens with zero attached hydrogens (tertiary/aromatic N) is 1. The lowest BCUT2D eigenvalue weighted by Gasteiger charge is -2.30. The highest BCUT2D eigenvalue weighted by molar-refractivity contribution is 6.31. The van der Waals surface area contributed by atoms with E-state index in [2.05, 4.69) is 10.2 Å². The minimum Gasteiger partial charge on any atom is -0.457 e. The van der Waals surface area contributed by atoms with Crippen molar-refractivity contribution in [3.63, 3.8) is 0 Å². The van der Waals surface area contributed by atoms with E-state index in [0.717, 1.165) is 35.6 Å². The van der Waals surface area contributed by atoms with Gasteiger partial charge in [0.15, 0.2) is 0 Å². The van der Waals surface area contributed by atoms with Crippen molar-refractivity contribution in [1.29, 1.82) is 0 Å². The number of rotatable bonds is 5. The molecule has 2 aromatic carbocycles. The van der Waals surface area contributed by atoms with Crippen LogP contribution < -0.4 is 10.2 Å². The Kier molecular flexibility index (Phi) is 6.21. The van der Waals surface area contributed by atoms with Crippen LogP contribution in [0.3, 0.4) is 0 Å². The number of hydrogen-bond acceptors (Lipinski definition) is 4. The van der Waals surface area contributed by atoms with Crippen molar-refractivity contribution in [2.24, 2.45) is 0 Å². The maximum absolute atomic E-state index is 12.5. The third kappa shape index (κ3) is 4.75. The molecule has 0 saturated carbocycles. The van der Waals surface area contributed by atoms with E-state index in [1.165, 1.54) is 6.08 Å². The lowest BCUT2D eigenvalue weighted by molar-refractivity contribution is -0.111. The molecule has 1 saturated heterocycles. The first-order valence-electron chi connectivity index (χ1n) is 9.87. The fraction of sp³-hybridized carbons (Fsp3) is 0.208. The van der Waals surface area contributed by atoms with E-state index in [4.69, 9.17) is 20.8 Å². The van der Waals surface area contributed by atoms with Crippen LogP contribution in [0.4, 0.5) is 11.4 Å². The second-order valence-corrected chi connectivity index (χ2v) is 7.51. The number of carbonyl (C=O) groups is 1. The molecule has 0 unspecified atom stereocenters. The molecule has 1 aromatic heterocycles. The zero-order valence-corrected chi connectivity index (χ0v) is 17.5. The van der Waals surface area contributed by atoms with E-state index in [0.29, 0.717) is 29.8 Å². The number of nitrogens with one attached hydrogen (secondary N) is 1. The number of para-hydroxylation sites is 2. The van der Waals surface area contributed by atoms with Gasteiger partial charge in [0, 0.05) is 29.8 Å². The van der Waals surface area contributed by atoms with Crippen molar-refractivity contribution in [2.75, 3.05) is 36.5 Å². The average molecular weight is 423 g/mol. The summed E-state index contributed by atoms with van der Waals surface area (Å²) in [5, 5.41) is 3.66. The van der Waals surface area contributed by atoms with Crippen molar-refractivity contribution in [2.45, 2.75) is 6.92 Å². The first kappa shape index (κ1) is 20.3. The van der Waals surface area contributed by atoms with Gasteiger partial charge in [0.2, 0.25) is 5.91 Å². The van der Waals surface area contributed by atoms with Crippen molar-refractivity contribution in [1.82, 2.24) is 0 Å². The van der Waals surface area contributed by atoms with Crippen molar-refractivity contribution < 1.29 is 13.9 Å². The number of amides is 1. The van der Waals surface area contributed by atoms with Crippen LogP contribution in [0.15, 0.2) is 65.1 Å². The van der Waals surface area contributed by atoms with Gasteiger partial charge >= 0.3 is 0 Å². The van der Waals surface area contributed by atoms with Crippen molar-refractivity contribution in [3.8, 4) is 11.3 Å². The normalized spacial score (nSPS) is 14.3. The standard InChI is InChI=1S/C24H23ClN2O3/c1-17-6-7-18(16-20(17)25)23-10-8-19(30-23)9-11-24(28)26-21-4-2-3-5-22(21)27-12-14-29-15-13-27/h2-11,16H,12-15H2,1H3,(H,26,28)/b11-9+. The van der Waals surface area contributed by atoms with Gasteiger partial charge in [-0.05, 0) is 48.9 Å². The SMILES string of the molecule is Cc1ccc(-c2ccc(/C=C/C(=O)Nc3ccccc3N3CCOCC3)o2)cc1Cl. The summed E-state index contributed by atoms with van der Waals surface area (Å²) in [5.74, 6) is 1.08. The Balaban J connectivity index is 1.44. The summed E-state index contributed by atoms with van der Waals surface area (Å²) in [6, 6.07) is 17.3. The zero-order valence-electron chi connectivity index (χ0n) is 16.7. The monoisotopic (exact) mass is 422 g/mol. The average Bonchev–Trinajstić information content (AvgIpc) is 3.24.